The van der Waals surface area contributed by atoms with Gasteiger partial charge in [-0.25, -0.2) is 14.8 Å². The first-order valence-corrected chi connectivity index (χ1v) is 11.2. The number of ether oxygens (including phenoxy) is 1. The van der Waals surface area contributed by atoms with Crippen LogP contribution in [0.15, 0.2) is 54.2 Å². The summed E-state index contributed by atoms with van der Waals surface area (Å²) in [7, 11) is 0.0112. The molecule has 2 aromatic carbocycles. The third-order valence-corrected chi connectivity index (χ3v) is 6.53. The normalized spacial score (nSPS) is 15.6. The minimum atomic E-state index is -1.39. The monoisotopic (exact) mass is 428 g/mol. The number of aromatic nitrogens is 2. The van der Waals surface area contributed by atoms with Crippen LogP contribution in [0.25, 0.3) is 11.0 Å². The van der Waals surface area contributed by atoms with Crippen LogP contribution < -0.4 is 15.2 Å². The van der Waals surface area contributed by atoms with Crippen LogP contribution in [0.3, 0.4) is 0 Å². The first-order chi connectivity index (χ1) is 14.6. The van der Waals surface area contributed by atoms with Crippen molar-refractivity contribution in [3.63, 3.8) is 0 Å². The number of H-pyrrole nitrogens is 1. The number of para-hydroxylation sites is 1. The molecule has 158 valence electrons. The fourth-order valence-electron chi connectivity index (χ4n) is 3.76. The Hall–Kier alpha value is -2.71. The quantitative estimate of drug-likeness (QED) is 0.535. The zero-order chi connectivity index (χ0) is 21.1. The van der Waals surface area contributed by atoms with Gasteiger partial charge in [0.05, 0.1) is 34.6 Å². The lowest BCUT2D eigenvalue weighted by atomic mass is 10.0. The number of anilines is 1. The zero-order valence-corrected chi connectivity index (χ0v) is 17.7. The number of nitrogens with one attached hydrogen (secondary N) is 2. The Morgan fingerprint density at radius 3 is 3.07 bits per heavy atom. The van der Waals surface area contributed by atoms with E-state index in [-0.39, 0.29) is 11.8 Å². The summed E-state index contributed by atoms with van der Waals surface area (Å²) in [4.78, 5) is 7.37. The van der Waals surface area contributed by atoms with E-state index in [0.29, 0.717) is 28.4 Å². The van der Waals surface area contributed by atoms with Crippen molar-refractivity contribution in [2.45, 2.75) is 30.5 Å². The van der Waals surface area contributed by atoms with Crippen molar-refractivity contribution in [3.05, 3.63) is 60.4 Å². The number of imidazole rings is 1. The number of hydrogen-bond acceptors (Lipinski definition) is 5. The van der Waals surface area contributed by atoms with Gasteiger partial charge in [0.15, 0.2) is 16.7 Å². The second kappa shape index (κ2) is 8.97. The van der Waals surface area contributed by atoms with Crippen molar-refractivity contribution in [2.75, 3.05) is 24.4 Å². The van der Waals surface area contributed by atoms with E-state index in [9.17, 15) is 8.60 Å². The molecule has 2 atom stereocenters. The molecule has 0 saturated carbocycles. The Morgan fingerprint density at radius 2 is 2.27 bits per heavy atom. The second-order valence-electron chi connectivity index (χ2n) is 7.29. The van der Waals surface area contributed by atoms with Crippen LogP contribution >= 0.6 is 0 Å². The molecule has 0 saturated heterocycles. The molecule has 0 bridgehead atoms. The molecule has 1 aromatic heterocycles. The zero-order valence-electron chi connectivity index (χ0n) is 16.9. The number of fused-ring (bicyclic) bond motifs is 2. The van der Waals surface area contributed by atoms with E-state index in [1.54, 1.807) is 0 Å². The van der Waals surface area contributed by atoms with E-state index in [0.717, 1.165) is 25.1 Å². The largest absolute Gasteiger partial charge is 0.494 e. The van der Waals surface area contributed by atoms with E-state index in [2.05, 4.69) is 45.2 Å². The van der Waals surface area contributed by atoms with E-state index >= 15 is 0 Å². The molecule has 0 amide bonds. The average Bonchev–Trinajstić information content (AvgIpc) is 3.16. The summed E-state index contributed by atoms with van der Waals surface area (Å²) in [6.45, 7) is 4.73. The third-order valence-electron chi connectivity index (χ3n) is 5.20. The number of rotatable bonds is 8. The first kappa shape index (κ1) is 20.6. The standard InChI is InChI=1S/C22H25FN4O2S/c1-3-7-16(26-27-11-6-9-15-8-4-5-10-20(15)27)14-30(28)22-24-18-12-17(23)21(29-2)13-19(18)25-22/h3-5,8,10,12-13,16,26H,1,6-7,9,11,14H2,2H3,(H,24,25). The van der Waals surface area contributed by atoms with Crippen molar-refractivity contribution in [2.24, 2.45) is 0 Å². The number of aromatic amines is 1. The third kappa shape index (κ3) is 4.24. The number of methoxy groups -OCH3 is 1. The van der Waals surface area contributed by atoms with Crippen LogP contribution in [0.4, 0.5) is 10.1 Å². The highest BCUT2D eigenvalue weighted by Gasteiger charge is 2.22. The van der Waals surface area contributed by atoms with Crippen LogP contribution in [-0.2, 0) is 17.2 Å². The van der Waals surface area contributed by atoms with Crippen molar-refractivity contribution in [3.8, 4) is 5.75 Å². The Morgan fingerprint density at radius 1 is 1.43 bits per heavy atom. The number of halogens is 1. The molecule has 4 rings (SSSR count). The summed E-state index contributed by atoms with van der Waals surface area (Å²) >= 11 is 0. The molecule has 2 heterocycles. The molecule has 0 radical (unpaired) electrons. The number of nitrogens with zero attached hydrogens (tertiary/aromatic N) is 2. The summed E-state index contributed by atoms with van der Waals surface area (Å²) < 4.78 is 32.0. The molecule has 1 aliphatic rings. The number of benzene rings is 2. The molecule has 8 heteroatoms. The predicted octanol–water partition coefficient (Wildman–Crippen LogP) is 3.72. The molecule has 3 aromatic rings. The van der Waals surface area contributed by atoms with E-state index in [1.165, 1.54) is 24.8 Å². The Balaban J connectivity index is 1.51. The molecule has 30 heavy (non-hydrogen) atoms. The van der Waals surface area contributed by atoms with Crippen molar-refractivity contribution in [1.29, 1.82) is 0 Å². The van der Waals surface area contributed by atoms with Gasteiger partial charge < -0.3 is 14.7 Å². The average molecular weight is 429 g/mol. The molecular formula is C22H25FN4O2S. The molecular weight excluding hydrogens is 403 g/mol. The number of hydrogen-bond donors (Lipinski definition) is 2. The van der Waals surface area contributed by atoms with Gasteiger partial charge in [0.1, 0.15) is 0 Å². The lowest BCUT2D eigenvalue weighted by Gasteiger charge is -2.34. The van der Waals surface area contributed by atoms with Gasteiger partial charge in [-0.3, -0.25) is 4.21 Å². The smallest absolute Gasteiger partial charge is 0.197 e. The Labute approximate surface area is 177 Å². The van der Waals surface area contributed by atoms with E-state index in [4.69, 9.17) is 4.74 Å². The highest BCUT2D eigenvalue weighted by molar-refractivity contribution is 7.84. The van der Waals surface area contributed by atoms with Gasteiger partial charge >= 0.3 is 0 Å². The lowest BCUT2D eigenvalue weighted by Crippen LogP contribution is -2.49. The van der Waals surface area contributed by atoms with Crippen LogP contribution in [0.5, 0.6) is 5.75 Å². The van der Waals surface area contributed by atoms with Crippen LogP contribution in [0.2, 0.25) is 0 Å². The second-order valence-corrected chi connectivity index (χ2v) is 8.70. The fourth-order valence-corrected chi connectivity index (χ4v) is 4.92. The summed E-state index contributed by atoms with van der Waals surface area (Å²) in [5, 5.41) is 2.47. The fraction of sp³-hybridized carbons (Fsp3) is 0.318. The first-order valence-electron chi connectivity index (χ1n) is 9.93. The van der Waals surface area contributed by atoms with Crippen molar-refractivity contribution >= 4 is 27.5 Å². The predicted molar refractivity (Wildman–Crippen MR) is 118 cm³/mol. The van der Waals surface area contributed by atoms with Crippen LogP contribution in [0, 0.1) is 5.82 Å². The molecule has 0 spiro atoms. The Bertz CT molecular complexity index is 1080. The SMILES string of the molecule is C=CCC(CS(=O)c1nc2cc(OC)c(F)cc2[nH]1)NN1CCCc2ccccc21. The molecule has 6 nitrogen and oxygen atoms in total. The van der Waals surface area contributed by atoms with Gasteiger partial charge in [0.25, 0.3) is 0 Å². The highest BCUT2D eigenvalue weighted by Crippen LogP contribution is 2.26. The maximum absolute atomic E-state index is 13.9. The lowest BCUT2D eigenvalue weighted by molar-refractivity contribution is 0.387. The van der Waals surface area contributed by atoms with E-state index in [1.807, 2.05) is 12.1 Å². The minimum absolute atomic E-state index is 0.0750. The summed E-state index contributed by atoms with van der Waals surface area (Å²) in [6.07, 6.45) is 4.60. The highest BCUT2D eigenvalue weighted by atomic mass is 32.2. The molecule has 0 fully saturated rings. The van der Waals surface area contributed by atoms with Gasteiger partial charge in [-0.15, -0.1) is 6.58 Å². The van der Waals surface area contributed by atoms with Crippen molar-refractivity contribution < 1.29 is 13.3 Å². The Kier molecular flexibility index (Phi) is 6.15. The number of aryl methyl sites for hydroxylation is 1. The maximum atomic E-state index is 13.9. The summed E-state index contributed by atoms with van der Waals surface area (Å²) in [5.41, 5.74) is 7.01. The van der Waals surface area contributed by atoms with Gasteiger partial charge in [0.2, 0.25) is 0 Å². The molecule has 2 unspecified atom stereocenters. The minimum Gasteiger partial charge on any atom is -0.494 e. The van der Waals surface area contributed by atoms with Gasteiger partial charge in [-0.2, -0.15) is 0 Å². The van der Waals surface area contributed by atoms with E-state index < -0.39 is 16.6 Å². The van der Waals surface area contributed by atoms with Crippen LogP contribution in [-0.4, -0.2) is 39.6 Å². The molecule has 0 aliphatic carbocycles. The maximum Gasteiger partial charge on any atom is 0.197 e. The van der Waals surface area contributed by atoms with Crippen LogP contribution in [0.1, 0.15) is 18.4 Å². The van der Waals surface area contributed by atoms with Gasteiger partial charge in [-0.1, -0.05) is 24.3 Å². The topological polar surface area (TPSA) is 70.2 Å². The van der Waals surface area contributed by atoms with Gasteiger partial charge in [0, 0.05) is 30.5 Å². The molecule has 2 N–H and O–H groups in total. The van der Waals surface area contributed by atoms with Crippen molar-refractivity contribution in [1.82, 2.24) is 15.4 Å². The number of hydrazine groups is 1. The summed E-state index contributed by atoms with van der Waals surface area (Å²) in [6, 6.07) is 11.1. The molecule has 1 aliphatic heterocycles. The summed E-state index contributed by atoms with van der Waals surface area (Å²) in [5.74, 6) is -0.0216. The van der Waals surface area contributed by atoms with Gasteiger partial charge in [-0.05, 0) is 30.9 Å².